The molecule has 0 unspecified atom stereocenters. The quantitative estimate of drug-likeness (QED) is 0.103. The second-order valence-corrected chi connectivity index (χ2v) is 17.4. The number of benzene rings is 4. The number of carbonyl (C=O) groups excluding carboxylic acids is 3. The number of hydrogen-bond acceptors (Lipinski definition) is 5. The van der Waals surface area contributed by atoms with Gasteiger partial charge in [0.1, 0.15) is 5.60 Å². The fraction of sp³-hybridized carbons (Fsp3) is 0.449. The Balaban J connectivity index is 0.000000373. The molecule has 4 aromatic carbocycles. The third kappa shape index (κ3) is 13.0. The van der Waals surface area contributed by atoms with Crippen molar-refractivity contribution in [1.29, 1.82) is 0 Å². The van der Waals surface area contributed by atoms with Crippen LogP contribution in [-0.2, 0) is 54.8 Å². The van der Waals surface area contributed by atoms with Crippen LogP contribution in [0.5, 0.6) is 0 Å². The molecule has 20 heteroatoms. The number of aryl methyl sites for hydroxylation is 6. The number of nitrogens with one attached hydrogen (secondary N) is 1. The van der Waals surface area contributed by atoms with Gasteiger partial charge in [0.15, 0.2) is 11.6 Å². The maximum atomic E-state index is 14.6. The molecule has 69 heavy (non-hydrogen) atoms. The average molecular weight is 999 g/mol. The van der Waals surface area contributed by atoms with Crippen LogP contribution in [0.15, 0.2) is 60.7 Å². The highest BCUT2D eigenvalue weighted by atomic mass is 19.4. The summed E-state index contributed by atoms with van der Waals surface area (Å²) in [5.74, 6) is -0.793. The minimum Gasteiger partial charge on any atom is -0.444 e. The lowest BCUT2D eigenvalue weighted by Crippen LogP contribution is -2.50. The van der Waals surface area contributed by atoms with Gasteiger partial charge in [-0.1, -0.05) is 62.4 Å². The van der Waals surface area contributed by atoms with Crippen molar-refractivity contribution in [3.63, 3.8) is 0 Å². The number of halogens is 14. The van der Waals surface area contributed by atoms with E-state index in [1.165, 1.54) is 33.8 Å². The van der Waals surface area contributed by atoms with Gasteiger partial charge < -0.3 is 15.8 Å². The Bertz CT molecular complexity index is 2490. The van der Waals surface area contributed by atoms with Crippen molar-refractivity contribution in [2.45, 2.75) is 143 Å². The molecule has 4 rings (SSSR count). The molecular weight excluding hydrogens is 947 g/mol. The lowest BCUT2D eigenvalue weighted by Gasteiger charge is -2.31. The fourth-order valence-electron chi connectivity index (χ4n) is 7.46. The smallest absolute Gasteiger partial charge is 0.435 e. The van der Waals surface area contributed by atoms with Crippen LogP contribution in [-0.4, -0.2) is 48.0 Å². The molecule has 1 amide bonds. The summed E-state index contributed by atoms with van der Waals surface area (Å²) in [6, 6.07) is 11.7. The number of ketones is 2. The minimum atomic E-state index is -6.22. The molecule has 380 valence electrons. The first-order valence-corrected chi connectivity index (χ1v) is 21.2. The van der Waals surface area contributed by atoms with E-state index in [0.717, 1.165) is 11.1 Å². The van der Waals surface area contributed by atoms with Gasteiger partial charge in [-0.25, -0.2) is 13.6 Å². The summed E-state index contributed by atoms with van der Waals surface area (Å²) in [6.45, 7) is 14.6. The fourth-order valence-corrected chi connectivity index (χ4v) is 7.46. The van der Waals surface area contributed by atoms with E-state index >= 15 is 0 Å². The number of nitrogens with two attached hydrogens (primary N) is 1. The zero-order chi connectivity index (χ0) is 53.0. The highest BCUT2D eigenvalue weighted by Gasteiger charge is 2.74. The van der Waals surface area contributed by atoms with E-state index in [0.29, 0.717) is 41.0 Å². The summed E-state index contributed by atoms with van der Waals surface area (Å²) in [5.41, 5.74) is -5.13. The molecule has 0 saturated heterocycles. The van der Waals surface area contributed by atoms with Gasteiger partial charge in [-0.05, 0) is 129 Å². The predicted molar refractivity (Wildman–Crippen MR) is 230 cm³/mol. The van der Waals surface area contributed by atoms with Crippen LogP contribution in [0, 0.1) is 27.7 Å². The van der Waals surface area contributed by atoms with Crippen molar-refractivity contribution in [3.8, 4) is 0 Å². The monoisotopic (exact) mass is 998 g/mol. The van der Waals surface area contributed by atoms with Gasteiger partial charge in [0.25, 0.3) is 0 Å². The Morgan fingerprint density at radius 1 is 0.507 bits per heavy atom. The number of alkyl halides is 14. The van der Waals surface area contributed by atoms with Gasteiger partial charge in [0.05, 0.1) is 0 Å². The van der Waals surface area contributed by atoms with E-state index in [2.05, 4.69) is 5.32 Å². The number of rotatable bonds is 13. The number of carbonyl (C=O) groups is 3. The van der Waals surface area contributed by atoms with Crippen LogP contribution in [0.3, 0.4) is 0 Å². The van der Waals surface area contributed by atoms with Crippen molar-refractivity contribution in [2.75, 3.05) is 0 Å². The van der Waals surface area contributed by atoms with Crippen molar-refractivity contribution >= 4 is 17.7 Å². The van der Waals surface area contributed by atoms with Crippen LogP contribution < -0.4 is 11.1 Å². The van der Waals surface area contributed by atoms with Gasteiger partial charge in [-0.3, -0.25) is 9.59 Å². The first kappa shape index (κ1) is 57.8. The van der Waals surface area contributed by atoms with Crippen LogP contribution in [0.25, 0.3) is 0 Å². The Morgan fingerprint density at radius 2 is 0.855 bits per heavy atom. The molecule has 0 aromatic heterocycles. The molecule has 0 saturated carbocycles. The third-order valence-corrected chi connectivity index (χ3v) is 11.3. The number of amides is 1. The molecule has 0 spiro atoms. The van der Waals surface area contributed by atoms with Crippen LogP contribution in [0.2, 0.25) is 0 Å². The summed E-state index contributed by atoms with van der Waals surface area (Å²) in [6.07, 6.45) is -26.0. The lowest BCUT2D eigenvalue weighted by atomic mass is 9.86. The highest BCUT2D eigenvalue weighted by molar-refractivity contribution is 5.98. The van der Waals surface area contributed by atoms with E-state index in [1.807, 2.05) is 0 Å². The molecule has 0 fully saturated rings. The van der Waals surface area contributed by atoms with E-state index < -0.39 is 64.6 Å². The van der Waals surface area contributed by atoms with E-state index in [9.17, 15) is 75.8 Å². The van der Waals surface area contributed by atoms with Gasteiger partial charge in [-0.2, -0.15) is 52.7 Å². The molecule has 0 heterocycles. The number of Topliss-reactive ketones (excluding diaryl/α,β-unsaturated/α-hetero) is 2. The van der Waals surface area contributed by atoms with Crippen molar-refractivity contribution in [1.82, 2.24) is 5.32 Å². The molecule has 0 aliphatic rings. The second kappa shape index (κ2) is 21.2. The highest BCUT2D eigenvalue weighted by Crippen LogP contribution is 2.55. The van der Waals surface area contributed by atoms with Crippen LogP contribution >= 0.6 is 0 Å². The molecular formula is C49H52F14N2O4. The van der Waals surface area contributed by atoms with Gasteiger partial charge in [0, 0.05) is 48.2 Å². The average Bonchev–Trinajstić information content (AvgIpc) is 3.21. The van der Waals surface area contributed by atoms with E-state index in [1.54, 1.807) is 65.0 Å². The normalized spacial score (nSPS) is 12.9. The number of hydrogen-bond donors (Lipinski definition) is 2. The van der Waals surface area contributed by atoms with Gasteiger partial charge >= 0.3 is 42.1 Å². The summed E-state index contributed by atoms with van der Waals surface area (Å²) in [7, 11) is 0. The van der Waals surface area contributed by atoms with Crippen LogP contribution in [0.4, 0.5) is 66.3 Å². The number of ether oxygens (including phenoxy) is 1. The SMILES string of the molecule is CCc1cc(C(F)(C(F)(F)F)C(F)(F)F)cc(C)c1CC(=O)c1ccc(CN)c(C)c1.CCc1cc(C(F)(C(F)(F)F)C(F)(F)F)cc(C)c1CC(=O)c1ccc(CNC(=O)OC(C)(C)C)c(C)c1. The molecule has 0 aliphatic carbocycles. The minimum absolute atomic E-state index is 0.0128. The summed E-state index contributed by atoms with van der Waals surface area (Å²) in [4.78, 5) is 37.6. The summed E-state index contributed by atoms with van der Waals surface area (Å²) < 4.78 is 193. The first-order valence-electron chi connectivity index (χ1n) is 21.2. The first-order chi connectivity index (χ1) is 31.4. The molecule has 6 nitrogen and oxygen atoms in total. The molecule has 0 radical (unpaired) electrons. The zero-order valence-corrected chi connectivity index (χ0v) is 39.0. The van der Waals surface area contributed by atoms with E-state index in [4.69, 9.17) is 10.5 Å². The summed E-state index contributed by atoms with van der Waals surface area (Å²) >= 11 is 0. The topological polar surface area (TPSA) is 98.5 Å². The van der Waals surface area contributed by atoms with Crippen molar-refractivity contribution in [3.05, 3.63) is 139 Å². The maximum Gasteiger partial charge on any atom is 0.435 e. The second-order valence-electron chi connectivity index (χ2n) is 17.4. The third-order valence-electron chi connectivity index (χ3n) is 11.3. The Morgan fingerprint density at radius 3 is 1.14 bits per heavy atom. The predicted octanol–water partition coefficient (Wildman–Crippen LogP) is 13.6. The Kier molecular flexibility index (Phi) is 17.8. The Labute approximate surface area is 390 Å². The standard InChI is InChI=1S/C27H30F7NO3.C22H22F7NO/c1-7-17-12-20(25(28,26(29,30)31)27(32,33)34)11-16(3)21(17)13-22(36)18-8-9-19(15(2)10-18)14-35-23(37)38-24(4,5)6;1-4-14-9-17(20(23,21(24,25)26)22(27,28)29)8-13(3)18(14)10-19(31)15-5-6-16(11-30)12(2)7-15/h8-12H,7,13-14H2,1-6H3,(H,35,37);5-9H,4,10-11,30H2,1-3H3. The van der Waals surface area contributed by atoms with Gasteiger partial charge in [-0.15, -0.1) is 0 Å². The summed E-state index contributed by atoms with van der Waals surface area (Å²) in [5, 5.41) is 2.61. The molecule has 4 aromatic rings. The van der Waals surface area contributed by atoms with E-state index in [-0.39, 0.29) is 83.5 Å². The molecule has 3 N–H and O–H groups in total. The largest absolute Gasteiger partial charge is 0.444 e. The number of alkyl carbamates (subject to hydrolysis) is 1. The lowest BCUT2D eigenvalue weighted by molar-refractivity contribution is -0.349. The maximum absolute atomic E-state index is 14.6. The molecule has 0 bridgehead atoms. The van der Waals surface area contributed by atoms with Crippen molar-refractivity contribution < 1.29 is 80.6 Å². The molecule has 0 atom stereocenters. The van der Waals surface area contributed by atoms with Crippen LogP contribution in [0.1, 0.15) is 122 Å². The van der Waals surface area contributed by atoms with Gasteiger partial charge in [0.2, 0.25) is 0 Å². The zero-order valence-electron chi connectivity index (χ0n) is 39.0. The van der Waals surface area contributed by atoms with Crippen molar-refractivity contribution in [2.24, 2.45) is 5.73 Å². The Hall–Kier alpha value is -5.53. The molecule has 0 aliphatic heterocycles.